The van der Waals surface area contributed by atoms with Crippen LogP contribution in [-0.2, 0) is 4.79 Å². The summed E-state index contributed by atoms with van der Waals surface area (Å²) < 4.78 is 5.43. The van der Waals surface area contributed by atoms with E-state index in [9.17, 15) is 4.79 Å². The van der Waals surface area contributed by atoms with Gasteiger partial charge in [0.05, 0.1) is 12.8 Å². The summed E-state index contributed by atoms with van der Waals surface area (Å²) in [5, 5.41) is 3.73. The molecule has 0 bridgehead atoms. The fourth-order valence-electron chi connectivity index (χ4n) is 3.22. The van der Waals surface area contributed by atoms with Crippen LogP contribution in [0.4, 0.5) is 5.69 Å². The van der Waals surface area contributed by atoms with Crippen molar-refractivity contribution in [2.75, 3.05) is 25.1 Å². The summed E-state index contributed by atoms with van der Waals surface area (Å²) >= 11 is 6.12. The lowest BCUT2D eigenvalue weighted by atomic mass is 10.0. The lowest BCUT2D eigenvalue weighted by molar-refractivity contribution is -0.123. The number of nitrogens with one attached hydrogen (secondary N) is 1. The fourth-order valence-corrected chi connectivity index (χ4v) is 3.39. The number of nitrogens with zero attached hydrogens (tertiary/aromatic N) is 1. The number of nitrogens with two attached hydrogens (primary N) is 1. The Balaban J connectivity index is 0.00000196. The summed E-state index contributed by atoms with van der Waals surface area (Å²) in [5.41, 5.74) is 9.02. The first kappa shape index (κ1) is 24.4. The number of halogens is 3. The number of benzene rings is 2. The number of carbonyl (C=O) groups excluding carboxylic acids is 1. The van der Waals surface area contributed by atoms with Gasteiger partial charge in [0.2, 0.25) is 5.91 Å². The molecular weight excluding hydrogens is 421 g/mol. The largest absolute Gasteiger partial charge is 0.495 e. The minimum atomic E-state index is -0.662. The number of rotatable bonds is 5. The summed E-state index contributed by atoms with van der Waals surface area (Å²) in [6, 6.07) is 12.7. The van der Waals surface area contributed by atoms with E-state index in [4.69, 9.17) is 22.1 Å². The van der Waals surface area contributed by atoms with Crippen LogP contribution in [0.5, 0.6) is 5.75 Å². The van der Waals surface area contributed by atoms with Crippen LogP contribution < -0.4 is 20.7 Å². The van der Waals surface area contributed by atoms with Crippen LogP contribution in [0.25, 0.3) is 0 Å². The fraction of sp³-hybridized carbons (Fsp3) is 0.350. The van der Waals surface area contributed by atoms with Crippen molar-refractivity contribution in [3.8, 4) is 5.75 Å². The highest BCUT2D eigenvalue weighted by atomic mass is 35.5. The van der Waals surface area contributed by atoms with Crippen LogP contribution in [0.3, 0.4) is 0 Å². The maximum atomic E-state index is 12.5. The van der Waals surface area contributed by atoms with E-state index in [0.717, 1.165) is 35.5 Å². The lowest BCUT2D eigenvalue weighted by Gasteiger charge is -2.22. The summed E-state index contributed by atoms with van der Waals surface area (Å²) in [5.74, 6) is 0.622. The van der Waals surface area contributed by atoms with Gasteiger partial charge in [0, 0.05) is 24.2 Å². The number of hydrogen-bond donors (Lipinski definition) is 2. The van der Waals surface area contributed by atoms with Crippen molar-refractivity contribution in [2.24, 2.45) is 5.73 Å². The Bertz CT molecular complexity index is 787. The van der Waals surface area contributed by atoms with Gasteiger partial charge < -0.3 is 20.7 Å². The molecule has 1 amide bonds. The molecule has 0 aliphatic carbocycles. The molecule has 0 spiro atoms. The quantitative estimate of drug-likeness (QED) is 0.731. The van der Waals surface area contributed by atoms with Gasteiger partial charge in [0.15, 0.2) is 0 Å². The van der Waals surface area contributed by atoms with Crippen LogP contribution in [0, 0.1) is 6.92 Å². The monoisotopic (exact) mass is 445 g/mol. The van der Waals surface area contributed by atoms with Crippen LogP contribution in [-0.4, -0.2) is 32.1 Å². The molecule has 8 heteroatoms. The van der Waals surface area contributed by atoms with Crippen molar-refractivity contribution in [1.29, 1.82) is 0 Å². The Hall–Kier alpha value is -1.66. The van der Waals surface area contributed by atoms with Crippen molar-refractivity contribution in [1.82, 2.24) is 5.32 Å². The van der Waals surface area contributed by atoms with E-state index in [2.05, 4.69) is 10.2 Å². The van der Waals surface area contributed by atoms with Crippen molar-refractivity contribution in [2.45, 2.75) is 25.4 Å². The van der Waals surface area contributed by atoms with Crippen LogP contribution in [0.2, 0.25) is 5.02 Å². The van der Waals surface area contributed by atoms with E-state index in [0.29, 0.717) is 11.6 Å². The normalized spacial score (nSPS) is 16.6. The van der Waals surface area contributed by atoms with Crippen molar-refractivity contribution in [3.63, 3.8) is 0 Å². The summed E-state index contributed by atoms with van der Waals surface area (Å²) in [6.45, 7) is 3.52. The first-order valence-electron chi connectivity index (χ1n) is 8.69. The Labute approximate surface area is 183 Å². The highest BCUT2D eigenvalue weighted by Crippen LogP contribution is 2.33. The third kappa shape index (κ3) is 5.67. The van der Waals surface area contributed by atoms with Crippen LogP contribution in [0.1, 0.15) is 23.6 Å². The second-order valence-corrected chi connectivity index (χ2v) is 7.08. The van der Waals surface area contributed by atoms with Gasteiger partial charge in [-0.15, -0.1) is 24.8 Å². The minimum absolute atomic E-state index is 0. The molecule has 2 atom stereocenters. The van der Waals surface area contributed by atoms with Crippen molar-refractivity contribution < 1.29 is 9.53 Å². The topological polar surface area (TPSA) is 67.6 Å². The maximum Gasteiger partial charge on any atom is 0.241 e. The number of methoxy groups -OCH3 is 1. The zero-order valence-electron chi connectivity index (χ0n) is 15.9. The molecule has 0 radical (unpaired) electrons. The number of aryl methyl sites for hydroxylation is 1. The number of carbonyl (C=O) groups is 1. The number of amides is 1. The Morgan fingerprint density at radius 2 is 1.93 bits per heavy atom. The standard InChI is InChI=1S/C20H24ClN3O2.2ClH/c1-13-3-5-14(6-4-13)19(22)20(25)23-16-9-10-24(12-16)17-11-15(21)7-8-18(17)26-2;;/h3-8,11,16,19H,9-10,12,22H2,1-2H3,(H,23,25);2*1H. The average Bonchev–Trinajstić information content (AvgIpc) is 3.10. The molecular formula is C20H26Cl3N3O2. The SMILES string of the molecule is COc1ccc(Cl)cc1N1CCC(NC(=O)C(N)c2ccc(C)cc2)C1.Cl.Cl. The van der Waals surface area contributed by atoms with Gasteiger partial charge in [-0.3, -0.25) is 4.79 Å². The van der Waals surface area contributed by atoms with E-state index < -0.39 is 6.04 Å². The van der Waals surface area contributed by atoms with E-state index in [1.165, 1.54) is 0 Å². The van der Waals surface area contributed by atoms with E-state index in [1.54, 1.807) is 13.2 Å². The summed E-state index contributed by atoms with van der Waals surface area (Å²) in [7, 11) is 1.64. The smallest absolute Gasteiger partial charge is 0.241 e. The lowest BCUT2D eigenvalue weighted by Crippen LogP contribution is -2.42. The number of hydrogen-bond acceptors (Lipinski definition) is 4. The van der Waals surface area contributed by atoms with Gasteiger partial charge in [-0.25, -0.2) is 0 Å². The molecule has 1 saturated heterocycles. The van der Waals surface area contributed by atoms with Gasteiger partial charge in [0.25, 0.3) is 0 Å². The van der Waals surface area contributed by atoms with Gasteiger partial charge >= 0.3 is 0 Å². The molecule has 1 fully saturated rings. The van der Waals surface area contributed by atoms with Crippen LogP contribution in [0.15, 0.2) is 42.5 Å². The molecule has 3 rings (SSSR count). The van der Waals surface area contributed by atoms with Gasteiger partial charge in [-0.2, -0.15) is 0 Å². The second kappa shape index (κ2) is 10.8. The third-order valence-electron chi connectivity index (χ3n) is 4.74. The molecule has 1 aliphatic rings. The second-order valence-electron chi connectivity index (χ2n) is 6.64. The average molecular weight is 447 g/mol. The minimum Gasteiger partial charge on any atom is -0.495 e. The molecule has 28 heavy (non-hydrogen) atoms. The Morgan fingerprint density at radius 3 is 2.57 bits per heavy atom. The van der Waals surface area contributed by atoms with Crippen molar-refractivity contribution >= 4 is 48.0 Å². The predicted octanol–water partition coefficient (Wildman–Crippen LogP) is 3.90. The zero-order chi connectivity index (χ0) is 18.7. The molecule has 154 valence electrons. The summed E-state index contributed by atoms with van der Waals surface area (Å²) in [4.78, 5) is 14.7. The van der Waals surface area contributed by atoms with Gasteiger partial charge in [0.1, 0.15) is 11.8 Å². The van der Waals surface area contributed by atoms with E-state index in [1.807, 2.05) is 43.3 Å². The maximum absolute atomic E-state index is 12.5. The molecule has 5 nitrogen and oxygen atoms in total. The van der Waals surface area contributed by atoms with Crippen LogP contribution >= 0.6 is 36.4 Å². The highest BCUT2D eigenvalue weighted by Gasteiger charge is 2.27. The molecule has 0 aromatic heterocycles. The Morgan fingerprint density at radius 1 is 1.25 bits per heavy atom. The highest BCUT2D eigenvalue weighted by molar-refractivity contribution is 6.30. The molecule has 1 heterocycles. The first-order chi connectivity index (χ1) is 12.5. The molecule has 0 saturated carbocycles. The summed E-state index contributed by atoms with van der Waals surface area (Å²) in [6.07, 6.45) is 0.849. The number of ether oxygens (including phenoxy) is 1. The zero-order valence-corrected chi connectivity index (χ0v) is 18.2. The molecule has 1 aliphatic heterocycles. The van der Waals surface area contributed by atoms with Gasteiger partial charge in [-0.1, -0.05) is 41.4 Å². The molecule has 2 aromatic rings. The first-order valence-corrected chi connectivity index (χ1v) is 9.06. The van der Waals surface area contributed by atoms with E-state index in [-0.39, 0.29) is 36.8 Å². The molecule has 2 aromatic carbocycles. The third-order valence-corrected chi connectivity index (χ3v) is 4.97. The number of anilines is 1. The van der Waals surface area contributed by atoms with Gasteiger partial charge in [-0.05, 0) is 37.1 Å². The Kier molecular flexibility index (Phi) is 9.37. The van der Waals surface area contributed by atoms with Crippen molar-refractivity contribution in [3.05, 3.63) is 58.6 Å². The predicted molar refractivity (Wildman–Crippen MR) is 119 cm³/mol. The van der Waals surface area contributed by atoms with E-state index >= 15 is 0 Å². The molecule has 2 unspecified atom stereocenters. The molecule has 3 N–H and O–H groups in total.